The molecule has 1 aromatic carbocycles. The third-order valence-electron chi connectivity index (χ3n) is 14.0. The fraction of sp³-hybridized carbons (Fsp3) is 0.722. The molecule has 10 unspecified atom stereocenters. The highest BCUT2D eigenvalue weighted by Gasteiger charge is 2.83. The minimum atomic E-state index is -0.215. The predicted octanol–water partition coefficient (Wildman–Crippen LogP) is 6.78. The van der Waals surface area contributed by atoms with Crippen LogP contribution in [0.1, 0.15) is 97.5 Å². The highest BCUT2D eigenvalue weighted by molar-refractivity contribution is 5.77. The van der Waals surface area contributed by atoms with E-state index in [1.54, 1.807) is 11.1 Å². The van der Waals surface area contributed by atoms with Crippen LogP contribution in [-0.2, 0) is 20.9 Å². The summed E-state index contributed by atoms with van der Waals surface area (Å²) in [6.07, 6.45) is 10.8. The van der Waals surface area contributed by atoms with Gasteiger partial charge in [0.05, 0.1) is 17.7 Å². The van der Waals surface area contributed by atoms with E-state index in [2.05, 4.69) is 33.0 Å². The lowest BCUT2D eigenvalue weighted by atomic mass is 9.56. The van der Waals surface area contributed by atoms with Crippen LogP contribution < -0.4 is 5.32 Å². The number of hydrogen-bond donors (Lipinski definition) is 1. The van der Waals surface area contributed by atoms with E-state index >= 15 is 0 Å². The molecule has 0 bridgehead atoms. The molecule has 3 saturated carbocycles. The van der Waals surface area contributed by atoms with Gasteiger partial charge in [0.25, 0.3) is 0 Å². The van der Waals surface area contributed by atoms with Gasteiger partial charge >= 0.3 is 6.09 Å². The number of carbonyl (C=O) groups is 2. The Hall–Kier alpha value is -2.34. The van der Waals surface area contributed by atoms with Gasteiger partial charge in [0.1, 0.15) is 6.61 Å². The molecule has 0 radical (unpaired) electrons. The molecule has 6 nitrogen and oxygen atoms in total. The Morgan fingerprint density at radius 2 is 1.93 bits per heavy atom. The lowest BCUT2D eigenvalue weighted by Crippen LogP contribution is -2.58. The van der Waals surface area contributed by atoms with Gasteiger partial charge in [-0.15, -0.1) is 0 Å². The van der Waals surface area contributed by atoms with E-state index in [0.717, 1.165) is 44.2 Å². The van der Waals surface area contributed by atoms with Crippen molar-refractivity contribution in [2.75, 3.05) is 6.54 Å². The Morgan fingerprint density at radius 1 is 1.12 bits per heavy atom. The number of nitrogens with zero attached hydrogens (tertiary/aromatic N) is 1. The number of benzene rings is 1. The second kappa shape index (κ2) is 9.09. The molecule has 1 spiro atoms. The number of carbonyl (C=O) groups excluding carboxylic acids is 2. The van der Waals surface area contributed by atoms with Crippen molar-refractivity contribution in [2.45, 2.75) is 122 Å². The molecule has 42 heavy (non-hydrogen) atoms. The molecule has 3 heterocycles. The van der Waals surface area contributed by atoms with E-state index in [4.69, 9.17) is 9.47 Å². The van der Waals surface area contributed by atoms with Gasteiger partial charge in [0.15, 0.2) is 0 Å². The first-order chi connectivity index (χ1) is 20.1. The van der Waals surface area contributed by atoms with Gasteiger partial charge in [0.2, 0.25) is 5.91 Å². The third-order valence-corrected chi connectivity index (χ3v) is 14.0. The largest absolute Gasteiger partial charge is 0.445 e. The average molecular weight is 573 g/mol. The number of amides is 2. The second-order valence-electron chi connectivity index (χ2n) is 15.8. The second-order valence-corrected chi connectivity index (χ2v) is 15.8. The first-order valence-corrected chi connectivity index (χ1v) is 16.7. The van der Waals surface area contributed by atoms with Crippen LogP contribution in [0.4, 0.5) is 4.79 Å². The summed E-state index contributed by atoms with van der Waals surface area (Å²) >= 11 is 0. The first kappa shape index (κ1) is 27.2. The quantitative estimate of drug-likeness (QED) is 0.397. The van der Waals surface area contributed by atoms with Crippen LogP contribution in [0, 0.1) is 34.0 Å². The van der Waals surface area contributed by atoms with Crippen molar-refractivity contribution in [1.29, 1.82) is 0 Å². The molecule has 1 N–H and O–H groups in total. The average Bonchev–Trinajstić information content (AvgIpc) is 3.51. The minimum absolute atomic E-state index is 0.0681. The fourth-order valence-corrected chi connectivity index (χ4v) is 11.9. The zero-order chi connectivity index (χ0) is 29.1. The highest BCUT2D eigenvalue weighted by Crippen LogP contribution is 2.89. The van der Waals surface area contributed by atoms with E-state index in [1.807, 2.05) is 35.2 Å². The fourth-order valence-electron chi connectivity index (χ4n) is 11.9. The van der Waals surface area contributed by atoms with Crippen molar-refractivity contribution in [3.05, 3.63) is 47.0 Å². The summed E-state index contributed by atoms with van der Waals surface area (Å²) in [5, 5.41) is 3.42. The van der Waals surface area contributed by atoms with Gasteiger partial charge < -0.3 is 19.7 Å². The number of piperidine rings is 2. The SMILES string of the molecule is CC1=C2CC34CC3(CCC3NC(=O)CCC34C)C2CCC2(C1)OC1CC(C)CN(C(=O)OCc3ccccc3)C1C2C. The standard InChI is InChI=1S/C36H48N2O4/c1-22-16-28-31(38(19-22)32(40)41-20-25-8-6-5-7-9-25)24(3)35(42-28)15-10-27-26(23(2)17-35)18-36-21-34(27,36)14-11-29-33(36,4)13-12-30(39)37-29/h5-9,22,24,27-29,31H,10-21H2,1-4H3,(H,37,39). The van der Waals surface area contributed by atoms with Gasteiger partial charge in [0, 0.05) is 24.9 Å². The summed E-state index contributed by atoms with van der Waals surface area (Å²) in [6, 6.07) is 10.4. The molecule has 10 atom stereocenters. The van der Waals surface area contributed by atoms with Crippen LogP contribution in [0.15, 0.2) is 41.5 Å². The molecule has 0 aromatic heterocycles. The smallest absolute Gasteiger partial charge is 0.410 e. The zero-order valence-electron chi connectivity index (χ0n) is 25.9. The molecule has 3 saturated heterocycles. The van der Waals surface area contributed by atoms with Gasteiger partial charge in [-0.2, -0.15) is 0 Å². The van der Waals surface area contributed by atoms with E-state index in [0.29, 0.717) is 41.7 Å². The number of hydrogen-bond acceptors (Lipinski definition) is 4. The number of rotatable bonds is 2. The highest BCUT2D eigenvalue weighted by atomic mass is 16.6. The number of nitrogens with one attached hydrogen (secondary N) is 1. The molecule has 6 heteroatoms. The summed E-state index contributed by atoms with van der Waals surface area (Å²) in [4.78, 5) is 27.9. The molecule has 2 amide bonds. The van der Waals surface area contributed by atoms with Gasteiger partial charge in [-0.05, 0) is 98.4 Å². The first-order valence-electron chi connectivity index (χ1n) is 16.7. The number of allylic oxidation sites excluding steroid dienone is 1. The van der Waals surface area contributed by atoms with Crippen LogP contribution in [-0.4, -0.2) is 47.2 Å². The number of likely N-dealkylation sites (tertiary alicyclic amines) is 1. The predicted molar refractivity (Wildman–Crippen MR) is 160 cm³/mol. The maximum absolute atomic E-state index is 13.6. The summed E-state index contributed by atoms with van der Waals surface area (Å²) in [6.45, 7) is 10.6. The van der Waals surface area contributed by atoms with Crippen molar-refractivity contribution >= 4 is 12.0 Å². The molecule has 8 rings (SSSR count). The maximum Gasteiger partial charge on any atom is 0.410 e. The Bertz CT molecular complexity index is 1340. The molecule has 6 fully saturated rings. The van der Waals surface area contributed by atoms with Gasteiger partial charge in [-0.3, -0.25) is 4.79 Å². The molecule has 7 aliphatic rings. The third kappa shape index (κ3) is 3.53. The molecule has 4 aliphatic carbocycles. The summed E-state index contributed by atoms with van der Waals surface area (Å²) < 4.78 is 13.1. The topological polar surface area (TPSA) is 67.9 Å². The summed E-state index contributed by atoms with van der Waals surface area (Å²) in [7, 11) is 0. The maximum atomic E-state index is 13.6. The Labute approximate surface area is 251 Å². The van der Waals surface area contributed by atoms with Crippen LogP contribution in [0.3, 0.4) is 0 Å². The van der Waals surface area contributed by atoms with E-state index in [-0.39, 0.29) is 41.1 Å². The van der Waals surface area contributed by atoms with Crippen molar-refractivity contribution in [3.8, 4) is 0 Å². The summed E-state index contributed by atoms with van der Waals surface area (Å²) in [5.41, 5.74) is 5.10. The molecule has 1 aromatic rings. The van der Waals surface area contributed by atoms with E-state index < -0.39 is 0 Å². The van der Waals surface area contributed by atoms with Crippen molar-refractivity contribution in [3.63, 3.8) is 0 Å². The monoisotopic (exact) mass is 572 g/mol. The Kier molecular flexibility index (Phi) is 5.89. The van der Waals surface area contributed by atoms with Gasteiger partial charge in [-0.25, -0.2) is 4.79 Å². The number of ether oxygens (including phenoxy) is 2. The molecule has 3 aliphatic heterocycles. The molecule has 226 valence electrons. The van der Waals surface area contributed by atoms with E-state index in [9.17, 15) is 9.59 Å². The Morgan fingerprint density at radius 3 is 2.74 bits per heavy atom. The lowest BCUT2D eigenvalue weighted by molar-refractivity contribution is -0.130. The van der Waals surface area contributed by atoms with Crippen LogP contribution >= 0.6 is 0 Å². The normalized spacial score (nSPS) is 47.0. The van der Waals surface area contributed by atoms with E-state index in [1.165, 1.54) is 25.7 Å². The van der Waals surface area contributed by atoms with Crippen molar-refractivity contribution in [1.82, 2.24) is 10.2 Å². The van der Waals surface area contributed by atoms with Crippen molar-refractivity contribution < 1.29 is 19.1 Å². The summed E-state index contributed by atoms with van der Waals surface area (Å²) in [5.74, 6) is 1.56. The zero-order valence-corrected chi connectivity index (χ0v) is 25.9. The number of fused-ring (bicyclic) bond motifs is 3. The Balaban J connectivity index is 1.05. The minimum Gasteiger partial charge on any atom is -0.445 e. The van der Waals surface area contributed by atoms with Crippen LogP contribution in [0.25, 0.3) is 0 Å². The lowest BCUT2D eigenvalue weighted by Gasteiger charge is -2.52. The van der Waals surface area contributed by atoms with Crippen LogP contribution in [0.2, 0.25) is 0 Å². The molecular formula is C36H48N2O4. The van der Waals surface area contributed by atoms with Crippen LogP contribution in [0.5, 0.6) is 0 Å². The van der Waals surface area contributed by atoms with Gasteiger partial charge in [-0.1, -0.05) is 62.2 Å². The molecular weight excluding hydrogens is 524 g/mol. The van der Waals surface area contributed by atoms with Crippen molar-refractivity contribution in [2.24, 2.45) is 34.0 Å².